The Morgan fingerprint density at radius 1 is 1.16 bits per heavy atom. The standard InChI is InChI=1S/C23H31N3O5.H2/c1-28-14-18(27)11-16-3-5-19(6-4-16)31-21-13-17(26-7-9-30-10-8-26)12-20-22(21)23(29-2)25-15-24-20;/h12-13,15-16,19H,3-11,14H2,1-2H3;1H. The topological polar surface area (TPSA) is 83.0 Å². The molecule has 0 bridgehead atoms. The first-order valence-electron chi connectivity index (χ1n) is 11.0. The van der Waals surface area contributed by atoms with Crippen molar-refractivity contribution in [1.82, 2.24) is 9.97 Å². The number of fused-ring (bicyclic) bond motifs is 1. The predicted octanol–water partition coefficient (Wildman–Crippen LogP) is 3.26. The highest BCUT2D eigenvalue weighted by atomic mass is 16.5. The van der Waals surface area contributed by atoms with Gasteiger partial charge in [-0.25, -0.2) is 9.97 Å². The van der Waals surface area contributed by atoms with Crippen LogP contribution in [0.5, 0.6) is 11.6 Å². The van der Waals surface area contributed by atoms with Gasteiger partial charge in [0.05, 0.1) is 31.9 Å². The van der Waals surface area contributed by atoms with Crippen LogP contribution in [0.1, 0.15) is 33.5 Å². The van der Waals surface area contributed by atoms with E-state index >= 15 is 0 Å². The lowest BCUT2D eigenvalue weighted by Crippen LogP contribution is -2.36. The predicted molar refractivity (Wildman–Crippen MR) is 119 cm³/mol. The van der Waals surface area contributed by atoms with Crippen LogP contribution in [0.15, 0.2) is 18.5 Å². The number of hydrogen-bond acceptors (Lipinski definition) is 8. The van der Waals surface area contributed by atoms with Crippen molar-refractivity contribution in [3.05, 3.63) is 18.5 Å². The van der Waals surface area contributed by atoms with Gasteiger partial charge in [0.1, 0.15) is 24.1 Å². The van der Waals surface area contributed by atoms with Gasteiger partial charge in [-0.05, 0) is 37.7 Å². The van der Waals surface area contributed by atoms with Gasteiger partial charge in [-0.3, -0.25) is 4.79 Å². The fourth-order valence-corrected chi connectivity index (χ4v) is 4.54. The Morgan fingerprint density at radius 3 is 2.65 bits per heavy atom. The second kappa shape index (κ2) is 10.2. The Labute approximate surface area is 184 Å². The molecule has 170 valence electrons. The fraction of sp³-hybridized carbons (Fsp3) is 0.609. The lowest BCUT2D eigenvalue weighted by molar-refractivity contribution is -0.123. The van der Waals surface area contributed by atoms with Crippen LogP contribution in [-0.4, -0.2) is 69.0 Å². The fourth-order valence-electron chi connectivity index (χ4n) is 4.54. The maximum atomic E-state index is 11.9. The number of anilines is 1. The first-order chi connectivity index (χ1) is 15.2. The van der Waals surface area contributed by atoms with E-state index < -0.39 is 0 Å². The molecule has 1 saturated carbocycles. The average Bonchev–Trinajstić information content (AvgIpc) is 2.80. The Balaban J connectivity index is 0.00000289. The number of hydrogen-bond donors (Lipinski definition) is 0. The van der Waals surface area contributed by atoms with Crippen molar-refractivity contribution in [2.45, 2.75) is 38.2 Å². The van der Waals surface area contributed by atoms with Crippen LogP contribution >= 0.6 is 0 Å². The van der Waals surface area contributed by atoms with Crippen molar-refractivity contribution in [3.8, 4) is 11.6 Å². The molecular weight excluding hydrogens is 398 g/mol. The van der Waals surface area contributed by atoms with Crippen molar-refractivity contribution in [3.63, 3.8) is 0 Å². The third kappa shape index (κ3) is 5.25. The molecule has 8 nitrogen and oxygen atoms in total. The van der Waals surface area contributed by atoms with Crippen molar-refractivity contribution in [2.24, 2.45) is 5.92 Å². The molecule has 2 heterocycles. The molecule has 1 aliphatic carbocycles. The summed E-state index contributed by atoms with van der Waals surface area (Å²) in [4.78, 5) is 23.0. The van der Waals surface area contributed by atoms with Crippen molar-refractivity contribution in [2.75, 3.05) is 52.0 Å². The lowest BCUT2D eigenvalue weighted by atomic mass is 9.84. The van der Waals surface area contributed by atoms with Gasteiger partial charge >= 0.3 is 0 Å². The monoisotopic (exact) mass is 431 g/mol. The first-order valence-corrected chi connectivity index (χ1v) is 11.0. The molecule has 1 saturated heterocycles. The Kier molecular flexibility index (Phi) is 7.19. The van der Waals surface area contributed by atoms with E-state index in [0.29, 0.717) is 31.4 Å². The van der Waals surface area contributed by atoms with Crippen LogP contribution in [0.2, 0.25) is 0 Å². The second-order valence-corrected chi connectivity index (χ2v) is 8.26. The normalized spacial score (nSPS) is 21.8. The van der Waals surface area contributed by atoms with Gasteiger partial charge < -0.3 is 23.8 Å². The summed E-state index contributed by atoms with van der Waals surface area (Å²) < 4.78 is 22.5. The number of benzene rings is 1. The zero-order chi connectivity index (χ0) is 21.6. The highest BCUT2D eigenvalue weighted by Crippen LogP contribution is 2.38. The molecular formula is C23H33N3O5. The molecule has 1 aromatic carbocycles. The van der Waals surface area contributed by atoms with Crippen LogP contribution in [0.25, 0.3) is 10.9 Å². The van der Waals surface area contributed by atoms with Crippen molar-refractivity contribution < 1.29 is 25.2 Å². The number of ether oxygens (including phenoxy) is 4. The third-order valence-corrected chi connectivity index (χ3v) is 6.13. The molecule has 0 N–H and O–H groups in total. The van der Waals surface area contributed by atoms with Crippen LogP contribution in [0, 0.1) is 5.92 Å². The van der Waals surface area contributed by atoms with E-state index in [4.69, 9.17) is 18.9 Å². The number of Topliss-reactive ketones (excluding diaryl/α,β-unsaturated/α-hetero) is 1. The summed E-state index contributed by atoms with van der Waals surface area (Å²) >= 11 is 0. The van der Waals surface area contributed by atoms with Crippen LogP contribution in [0.4, 0.5) is 5.69 Å². The third-order valence-electron chi connectivity index (χ3n) is 6.13. The number of aromatic nitrogens is 2. The molecule has 0 spiro atoms. The Bertz CT molecular complexity index is 899. The molecule has 8 heteroatoms. The first kappa shape index (κ1) is 21.8. The highest BCUT2D eigenvalue weighted by molar-refractivity contribution is 5.92. The van der Waals surface area contributed by atoms with E-state index in [1.54, 1.807) is 14.2 Å². The Morgan fingerprint density at radius 2 is 1.94 bits per heavy atom. The number of carbonyl (C=O) groups excluding carboxylic acids is 1. The molecule has 31 heavy (non-hydrogen) atoms. The molecule has 4 rings (SSSR count). The zero-order valence-electron chi connectivity index (χ0n) is 18.3. The van der Waals surface area contributed by atoms with Crippen LogP contribution < -0.4 is 14.4 Å². The Hall–Kier alpha value is -2.45. The van der Waals surface area contributed by atoms with Crippen LogP contribution in [0.3, 0.4) is 0 Å². The van der Waals surface area contributed by atoms with E-state index in [1.807, 2.05) is 0 Å². The molecule has 0 amide bonds. The van der Waals surface area contributed by atoms with Gasteiger partial charge in [0, 0.05) is 39.8 Å². The molecule has 0 radical (unpaired) electrons. The maximum absolute atomic E-state index is 11.9. The van der Waals surface area contributed by atoms with E-state index in [0.717, 1.165) is 61.1 Å². The largest absolute Gasteiger partial charge is 0.489 e. The number of carbonyl (C=O) groups is 1. The minimum atomic E-state index is 0. The van der Waals surface area contributed by atoms with Gasteiger partial charge in [-0.15, -0.1) is 0 Å². The quantitative estimate of drug-likeness (QED) is 0.630. The molecule has 0 atom stereocenters. The number of methoxy groups -OCH3 is 2. The number of ketones is 1. The molecule has 2 aliphatic rings. The average molecular weight is 432 g/mol. The van der Waals surface area contributed by atoms with Gasteiger partial charge in [0.15, 0.2) is 5.78 Å². The lowest BCUT2D eigenvalue weighted by Gasteiger charge is -2.31. The van der Waals surface area contributed by atoms with E-state index in [9.17, 15) is 4.79 Å². The number of morpholine rings is 1. The SMILES string of the molecule is COCC(=O)CC1CCC(Oc2cc(N3CCOCC3)cc3ncnc(OC)c23)CC1.[HH]. The maximum Gasteiger partial charge on any atom is 0.228 e. The molecule has 2 aromatic rings. The second-order valence-electron chi connectivity index (χ2n) is 8.26. The molecule has 0 unspecified atom stereocenters. The van der Waals surface area contributed by atoms with Gasteiger partial charge in [0.2, 0.25) is 5.88 Å². The molecule has 1 aromatic heterocycles. The summed E-state index contributed by atoms with van der Waals surface area (Å²) in [5, 5.41) is 0.805. The number of rotatable bonds is 8. The smallest absolute Gasteiger partial charge is 0.228 e. The minimum absolute atomic E-state index is 0. The van der Waals surface area contributed by atoms with Crippen molar-refractivity contribution in [1.29, 1.82) is 0 Å². The minimum Gasteiger partial charge on any atom is -0.489 e. The molecule has 2 fully saturated rings. The molecule has 1 aliphatic heterocycles. The van der Waals surface area contributed by atoms with Crippen LogP contribution in [-0.2, 0) is 14.3 Å². The van der Waals surface area contributed by atoms with E-state index in [2.05, 4.69) is 27.0 Å². The summed E-state index contributed by atoms with van der Waals surface area (Å²) in [6.07, 6.45) is 6.02. The van der Waals surface area contributed by atoms with Crippen molar-refractivity contribution >= 4 is 22.4 Å². The number of nitrogens with zero attached hydrogens (tertiary/aromatic N) is 3. The zero-order valence-corrected chi connectivity index (χ0v) is 18.3. The van der Waals surface area contributed by atoms with E-state index in [-0.39, 0.29) is 19.9 Å². The summed E-state index contributed by atoms with van der Waals surface area (Å²) in [7, 11) is 3.18. The van der Waals surface area contributed by atoms with Gasteiger partial charge in [0.25, 0.3) is 0 Å². The van der Waals surface area contributed by atoms with E-state index in [1.165, 1.54) is 6.33 Å². The summed E-state index contributed by atoms with van der Waals surface area (Å²) in [5.41, 5.74) is 1.88. The highest BCUT2D eigenvalue weighted by Gasteiger charge is 2.26. The van der Waals surface area contributed by atoms with Gasteiger partial charge in [-0.1, -0.05) is 0 Å². The summed E-state index contributed by atoms with van der Waals surface area (Å²) in [5.74, 6) is 1.87. The summed E-state index contributed by atoms with van der Waals surface area (Å²) in [6, 6.07) is 4.14. The summed E-state index contributed by atoms with van der Waals surface area (Å²) in [6.45, 7) is 3.32. The van der Waals surface area contributed by atoms with Gasteiger partial charge in [-0.2, -0.15) is 0 Å².